The van der Waals surface area contributed by atoms with Crippen molar-refractivity contribution in [1.82, 2.24) is 4.98 Å². The standard InChI is InChI=1S/C12H10Br2N2O2S/c1-8-7-15-5-4-11(8)16-19(17,18)12-6-9(13)2-3-10(12)14/h2-7H,1H3,(H,15,16). The summed E-state index contributed by atoms with van der Waals surface area (Å²) in [7, 11) is -3.64. The van der Waals surface area contributed by atoms with Crippen molar-refractivity contribution in [2.75, 3.05) is 4.72 Å². The predicted molar refractivity (Wildman–Crippen MR) is 81.6 cm³/mol. The molecule has 2 rings (SSSR count). The van der Waals surface area contributed by atoms with Gasteiger partial charge in [-0.15, -0.1) is 0 Å². The Balaban J connectivity index is 2.44. The Morgan fingerprint density at radius 2 is 1.95 bits per heavy atom. The third-order valence-electron chi connectivity index (χ3n) is 2.45. The van der Waals surface area contributed by atoms with Crippen LogP contribution in [0.1, 0.15) is 5.56 Å². The van der Waals surface area contributed by atoms with Gasteiger partial charge < -0.3 is 0 Å². The third-order valence-corrected chi connectivity index (χ3v) is 5.30. The van der Waals surface area contributed by atoms with Crippen LogP contribution in [0, 0.1) is 6.92 Å². The Hall–Kier alpha value is -0.920. The van der Waals surface area contributed by atoms with Crippen molar-refractivity contribution < 1.29 is 8.42 Å². The van der Waals surface area contributed by atoms with Gasteiger partial charge in [0.15, 0.2) is 0 Å². The van der Waals surface area contributed by atoms with E-state index in [1.807, 2.05) is 0 Å². The molecule has 7 heteroatoms. The summed E-state index contributed by atoms with van der Waals surface area (Å²) in [5.74, 6) is 0. The molecule has 0 aliphatic rings. The van der Waals surface area contributed by atoms with E-state index in [9.17, 15) is 8.42 Å². The van der Waals surface area contributed by atoms with Crippen LogP contribution in [0.15, 0.2) is 50.5 Å². The molecule has 1 aromatic carbocycles. The summed E-state index contributed by atoms with van der Waals surface area (Å²) in [5, 5.41) is 0. The van der Waals surface area contributed by atoms with Crippen LogP contribution in [0.2, 0.25) is 0 Å². The van der Waals surface area contributed by atoms with Gasteiger partial charge in [-0.2, -0.15) is 0 Å². The van der Waals surface area contributed by atoms with E-state index in [1.165, 1.54) is 0 Å². The van der Waals surface area contributed by atoms with Gasteiger partial charge in [0.2, 0.25) is 0 Å². The van der Waals surface area contributed by atoms with Crippen molar-refractivity contribution in [3.05, 3.63) is 51.2 Å². The Morgan fingerprint density at radius 3 is 2.63 bits per heavy atom. The molecule has 0 bridgehead atoms. The van der Waals surface area contributed by atoms with E-state index in [0.29, 0.717) is 14.6 Å². The molecule has 0 saturated carbocycles. The van der Waals surface area contributed by atoms with E-state index in [1.54, 1.807) is 43.6 Å². The van der Waals surface area contributed by atoms with E-state index < -0.39 is 10.0 Å². The molecular weight excluding hydrogens is 396 g/mol. The molecule has 0 amide bonds. The smallest absolute Gasteiger partial charge is 0.263 e. The molecule has 0 saturated heterocycles. The van der Waals surface area contributed by atoms with Gasteiger partial charge in [0.1, 0.15) is 4.90 Å². The highest BCUT2D eigenvalue weighted by atomic mass is 79.9. The number of anilines is 1. The molecular formula is C12H10Br2N2O2S. The fourth-order valence-electron chi connectivity index (χ4n) is 1.47. The van der Waals surface area contributed by atoms with Gasteiger partial charge in [-0.25, -0.2) is 8.42 Å². The Labute approximate surface area is 128 Å². The maximum atomic E-state index is 12.3. The average Bonchev–Trinajstić information content (AvgIpc) is 2.35. The molecule has 0 radical (unpaired) electrons. The maximum absolute atomic E-state index is 12.3. The van der Waals surface area contributed by atoms with Crippen LogP contribution >= 0.6 is 31.9 Å². The largest absolute Gasteiger partial charge is 0.279 e. The molecule has 2 aromatic rings. The molecule has 0 aliphatic carbocycles. The first kappa shape index (κ1) is 14.5. The summed E-state index contributed by atoms with van der Waals surface area (Å²) in [6, 6.07) is 6.61. The Morgan fingerprint density at radius 1 is 1.21 bits per heavy atom. The van der Waals surface area contributed by atoms with Gasteiger partial charge in [0, 0.05) is 21.3 Å². The van der Waals surface area contributed by atoms with Crippen LogP contribution in [0.5, 0.6) is 0 Å². The first-order chi connectivity index (χ1) is 8.90. The lowest BCUT2D eigenvalue weighted by Gasteiger charge is -2.11. The molecule has 100 valence electrons. The first-order valence-corrected chi connectivity index (χ1v) is 8.35. The molecule has 0 unspecified atom stereocenters. The number of benzene rings is 1. The van der Waals surface area contributed by atoms with Crippen LogP contribution in [0.25, 0.3) is 0 Å². The minimum Gasteiger partial charge on any atom is -0.279 e. The molecule has 1 aromatic heterocycles. The SMILES string of the molecule is Cc1cnccc1NS(=O)(=O)c1cc(Br)ccc1Br. The van der Waals surface area contributed by atoms with E-state index in [-0.39, 0.29) is 4.90 Å². The Bertz CT molecular complexity index is 717. The molecule has 4 nitrogen and oxygen atoms in total. The van der Waals surface area contributed by atoms with Crippen molar-refractivity contribution in [2.45, 2.75) is 11.8 Å². The lowest BCUT2D eigenvalue weighted by molar-refractivity contribution is 0.600. The summed E-state index contributed by atoms with van der Waals surface area (Å²) in [4.78, 5) is 4.11. The zero-order valence-electron chi connectivity index (χ0n) is 9.89. The van der Waals surface area contributed by atoms with Crippen LogP contribution < -0.4 is 4.72 Å². The van der Waals surface area contributed by atoms with Gasteiger partial charge in [0.05, 0.1) is 5.69 Å². The summed E-state index contributed by atoms with van der Waals surface area (Å²) in [5.41, 5.74) is 1.28. The minimum absolute atomic E-state index is 0.179. The molecule has 1 N–H and O–H groups in total. The lowest BCUT2D eigenvalue weighted by Crippen LogP contribution is -2.14. The van der Waals surface area contributed by atoms with Crippen molar-refractivity contribution in [2.24, 2.45) is 0 Å². The first-order valence-electron chi connectivity index (χ1n) is 5.28. The number of pyridine rings is 1. The van der Waals surface area contributed by atoms with Crippen LogP contribution in [0.3, 0.4) is 0 Å². The number of aromatic nitrogens is 1. The van der Waals surface area contributed by atoms with E-state index in [0.717, 1.165) is 5.56 Å². The van der Waals surface area contributed by atoms with E-state index in [4.69, 9.17) is 0 Å². The zero-order chi connectivity index (χ0) is 14.0. The number of halogens is 2. The normalized spacial score (nSPS) is 11.3. The van der Waals surface area contributed by atoms with E-state index >= 15 is 0 Å². The molecule has 1 heterocycles. The average molecular weight is 406 g/mol. The van der Waals surface area contributed by atoms with Crippen LogP contribution in [-0.4, -0.2) is 13.4 Å². The van der Waals surface area contributed by atoms with Crippen molar-refractivity contribution in [1.29, 1.82) is 0 Å². The second-order valence-electron chi connectivity index (χ2n) is 3.87. The quantitative estimate of drug-likeness (QED) is 0.846. The summed E-state index contributed by atoms with van der Waals surface area (Å²) in [6.45, 7) is 1.79. The number of hydrogen-bond donors (Lipinski definition) is 1. The van der Waals surface area contributed by atoms with Crippen molar-refractivity contribution in [3.8, 4) is 0 Å². The number of aryl methyl sites for hydroxylation is 1. The van der Waals surface area contributed by atoms with E-state index in [2.05, 4.69) is 41.6 Å². The highest BCUT2D eigenvalue weighted by molar-refractivity contribution is 9.11. The van der Waals surface area contributed by atoms with Gasteiger partial charge in [-0.1, -0.05) is 15.9 Å². The maximum Gasteiger partial charge on any atom is 0.263 e. The fraction of sp³-hybridized carbons (Fsp3) is 0.0833. The van der Waals surface area contributed by atoms with Gasteiger partial charge in [-0.05, 0) is 52.7 Å². The zero-order valence-corrected chi connectivity index (χ0v) is 13.9. The van der Waals surface area contributed by atoms with Crippen LogP contribution in [0.4, 0.5) is 5.69 Å². The number of nitrogens with one attached hydrogen (secondary N) is 1. The monoisotopic (exact) mass is 404 g/mol. The van der Waals surface area contributed by atoms with Crippen molar-refractivity contribution >= 4 is 47.6 Å². The number of sulfonamides is 1. The lowest BCUT2D eigenvalue weighted by atomic mass is 10.3. The van der Waals surface area contributed by atoms with Gasteiger partial charge in [0.25, 0.3) is 10.0 Å². The fourth-order valence-corrected chi connectivity index (χ4v) is 4.10. The summed E-state index contributed by atoms with van der Waals surface area (Å²) in [6.07, 6.45) is 3.15. The third kappa shape index (κ3) is 3.34. The van der Waals surface area contributed by atoms with Crippen molar-refractivity contribution in [3.63, 3.8) is 0 Å². The highest BCUT2D eigenvalue weighted by Gasteiger charge is 2.18. The summed E-state index contributed by atoms with van der Waals surface area (Å²) >= 11 is 6.51. The second-order valence-corrected chi connectivity index (χ2v) is 7.29. The number of rotatable bonds is 3. The predicted octanol–water partition coefficient (Wildman–Crippen LogP) is 3.72. The minimum atomic E-state index is -3.64. The molecule has 19 heavy (non-hydrogen) atoms. The second kappa shape index (κ2) is 5.60. The molecule has 0 fully saturated rings. The molecule has 0 spiro atoms. The van der Waals surface area contributed by atoms with Gasteiger partial charge in [-0.3, -0.25) is 9.71 Å². The molecule has 0 atom stereocenters. The number of hydrogen-bond acceptors (Lipinski definition) is 3. The van der Waals surface area contributed by atoms with Crippen LogP contribution in [-0.2, 0) is 10.0 Å². The van der Waals surface area contributed by atoms with Gasteiger partial charge >= 0.3 is 0 Å². The highest BCUT2D eigenvalue weighted by Crippen LogP contribution is 2.27. The number of nitrogens with zero attached hydrogens (tertiary/aromatic N) is 1. The summed E-state index contributed by atoms with van der Waals surface area (Å²) < 4.78 is 28.4. The topological polar surface area (TPSA) is 59.1 Å². The Kier molecular flexibility index (Phi) is 4.27. The molecule has 0 aliphatic heterocycles.